The Labute approximate surface area is 129 Å². The molecule has 0 unspecified atom stereocenters. The van der Waals surface area contributed by atoms with Crippen molar-refractivity contribution in [3.63, 3.8) is 0 Å². The summed E-state index contributed by atoms with van der Waals surface area (Å²) >= 11 is 0. The summed E-state index contributed by atoms with van der Waals surface area (Å²) in [5.74, 6) is 0.248. The van der Waals surface area contributed by atoms with Gasteiger partial charge in [0.15, 0.2) is 0 Å². The molecule has 0 heterocycles. The summed E-state index contributed by atoms with van der Waals surface area (Å²) in [5, 5.41) is 0. The van der Waals surface area contributed by atoms with Crippen molar-refractivity contribution in [1.82, 2.24) is 4.90 Å². The largest absolute Gasteiger partial charge is 0.497 e. The predicted octanol–water partition coefficient (Wildman–Crippen LogP) is 3.82. The third-order valence-electron chi connectivity index (χ3n) is 3.29. The number of carbonyl (C=O) groups is 1. The third-order valence-corrected chi connectivity index (χ3v) is 3.29. The van der Waals surface area contributed by atoms with Crippen LogP contribution in [0.25, 0.3) is 0 Å². The number of halogens is 3. The van der Waals surface area contributed by atoms with E-state index in [1.165, 1.54) is 0 Å². The van der Waals surface area contributed by atoms with Crippen LogP contribution < -0.4 is 4.74 Å². The highest BCUT2D eigenvalue weighted by Gasteiger charge is 2.32. The van der Waals surface area contributed by atoms with Crippen molar-refractivity contribution >= 4 is 5.91 Å². The van der Waals surface area contributed by atoms with E-state index in [1.807, 2.05) is 19.1 Å². The van der Waals surface area contributed by atoms with E-state index >= 15 is 0 Å². The molecule has 0 aliphatic carbocycles. The van der Waals surface area contributed by atoms with E-state index in [1.54, 1.807) is 19.2 Å². The molecular formula is C16H22F3NO2. The Morgan fingerprint density at radius 1 is 1.23 bits per heavy atom. The molecule has 1 amide bonds. The Balaban J connectivity index is 2.57. The fraction of sp³-hybridized carbons (Fsp3) is 0.562. The maximum Gasteiger partial charge on any atom is 0.406 e. The van der Waals surface area contributed by atoms with Crippen LogP contribution in [0.4, 0.5) is 13.2 Å². The van der Waals surface area contributed by atoms with Crippen molar-refractivity contribution in [2.75, 3.05) is 20.2 Å². The van der Waals surface area contributed by atoms with Crippen molar-refractivity contribution in [1.29, 1.82) is 0 Å². The molecule has 0 fully saturated rings. The Kier molecular flexibility index (Phi) is 7.21. The lowest BCUT2D eigenvalue weighted by Crippen LogP contribution is -2.39. The van der Waals surface area contributed by atoms with Gasteiger partial charge in [-0.1, -0.05) is 25.5 Å². The molecule has 0 saturated heterocycles. The third kappa shape index (κ3) is 6.83. The number of hydrogen-bond acceptors (Lipinski definition) is 2. The van der Waals surface area contributed by atoms with Crippen LogP contribution in [0.2, 0.25) is 0 Å². The molecule has 1 aromatic carbocycles. The summed E-state index contributed by atoms with van der Waals surface area (Å²) in [4.78, 5) is 12.9. The molecule has 22 heavy (non-hydrogen) atoms. The molecule has 3 nitrogen and oxygen atoms in total. The summed E-state index contributed by atoms with van der Waals surface area (Å²) in [6, 6.07) is 7.16. The van der Waals surface area contributed by atoms with Crippen LogP contribution in [0.1, 0.15) is 31.7 Å². The molecular weight excluding hydrogens is 295 g/mol. The van der Waals surface area contributed by atoms with Gasteiger partial charge in [-0.25, -0.2) is 0 Å². The average Bonchev–Trinajstić information content (AvgIpc) is 2.48. The van der Waals surface area contributed by atoms with Gasteiger partial charge >= 0.3 is 6.18 Å². The van der Waals surface area contributed by atoms with Crippen LogP contribution in [0, 0.1) is 0 Å². The molecule has 0 aliphatic heterocycles. The van der Waals surface area contributed by atoms with Crippen LogP contribution in [-0.2, 0) is 11.2 Å². The molecule has 0 N–H and O–H groups in total. The second kappa shape index (κ2) is 8.66. The monoisotopic (exact) mass is 317 g/mol. The minimum absolute atomic E-state index is 0.0755. The quantitative estimate of drug-likeness (QED) is 0.729. The zero-order chi connectivity index (χ0) is 16.6. The molecule has 0 spiro atoms. The fourth-order valence-electron chi connectivity index (χ4n) is 2.06. The Morgan fingerprint density at radius 2 is 1.86 bits per heavy atom. The van der Waals surface area contributed by atoms with Crippen molar-refractivity contribution in [2.24, 2.45) is 0 Å². The molecule has 0 radical (unpaired) electrons. The molecule has 0 atom stereocenters. The predicted molar refractivity (Wildman–Crippen MR) is 78.9 cm³/mol. The van der Waals surface area contributed by atoms with Gasteiger partial charge in [-0.2, -0.15) is 13.2 Å². The lowest BCUT2D eigenvalue weighted by atomic mass is 10.1. The van der Waals surface area contributed by atoms with Gasteiger partial charge in [0.05, 0.1) is 7.11 Å². The minimum Gasteiger partial charge on any atom is -0.497 e. The van der Waals surface area contributed by atoms with Gasteiger partial charge in [-0.3, -0.25) is 4.79 Å². The van der Waals surface area contributed by atoms with Crippen LogP contribution in [-0.4, -0.2) is 37.2 Å². The molecule has 0 aromatic heterocycles. The van der Waals surface area contributed by atoms with Crippen molar-refractivity contribution in [2.45, 2.75) is 38.8 Å². The highest BCUT2D eigenvalue weighted by molar-refractivity contribution is 5.76. The lowest BCUT2D eigenvalue weighted by molar-refractivity contribution is -0.161. The fourth-order valence-corrected chi connectivity index (χ4v) is 2.06. The van der Waals surface area contributed by atoms with Gasteiger partial charge in [0.2, 0.25) is 5.91 Å². The maximum atomic E-state index is 12.5. The van der Waals surface area contributed by atoms with E-state index in [-0.39, 0.29) is 13.0 Å². The smallest absolute Gasteiger partial charge is 0.406 e. The Morgan fingerprint density at radius 3 is 2.36 bits per heavy atom. The molecule has 0 saturated carbocycles. The van der Waals surface area contributed by atoms with Gasteiger partial charge in [-0.05, 0) is 30.5 Å². The number of amides is 1. The molecule has 0 bridgehead atoms. The van der Waals surface area contributed by atoms with Crippen molar-refractivity contribution in [3.8, 4) is 5.75 Å². The number of ether oxygens (including phenoxy) is 1. The highest BCUT2D eigenvalue weighted by atomic mass is 19.4. The normalized spacial score (nSPS) is 11.3. The van der Waals surface area contributed by atoms with E-state index in [4.69, 9.17) is 4.74 Å². The number of alkyl halides is 3. The highest BCUT2D eigenvalue weighted by Crippen LogP contribution is 2.18. The van der Waals surface area contributed by atoms with Crippen molar-refractivity contribution in [3.05, 3.63) is 29.8 Å². The van der Waals surface area contributed by atoms with Gasteiger partial charge in [0, 0.05) is 13.0 Å². The van der Waals surface area contributed by atoms with Crippen LogP contribution in [0.5, 0.6) is 5.75 Å². The second-order valence-electron chi connectivity index (χ2n) is 5.13. The number of benzene rings is 1. The SMILES string of the molecule is CCCCN(CC(F)(F)F)C(=O)CCc1ccc(OC)cc1. The molecule has 6 heteroatoms. The number of aryl methyl sites for hydroxylation is 1. The topological polar surface area (TPSA) is 29.5 Å². The van der Waals surface area contributed by atoms with E-state index in [9.17, 15) is 18.0 Å². The first-order valence-electron chi connectivity index (χ1n) is 7.33. The van der Waals surface area contributed by atoms with Crippen LogP contribution >= 0.6 is 0 Å². The van der Waals surface area contributed by atoms with Gasteiger partial charge < -0.3 is 9.64 Å². The van der Waals surface area contributed by atoms with Crippen molar-refractivity contribution < 1.29 is 22.7 Å². The maximum absolute atomic E-state index is 12.5. The number of methoxy groups -OCH3 is 1. The van der Waals surface area contributed by atoms with E-state index in [2.05, 4.69) is 0 Å². The molecule has 124 valence electrons. The second-order valence-corrected chi connectivity index (χ2v) is 5.13. The van der Waals surface area contributed by atoms with Gasteiger partial charge in [0.1, 0.15) is 12.3 Å². The molecule has 1 aromatic rings. The van der Waals surface area contributed by atoms with Gasteiger partial charge in [0.25, 0.3) is 0 Å². The summed E-state index contributed by atoms with van der Waals surface area (Å²) < 4.78 is 42.6. The van der Waals surface area contributed by atoms with Crippen LogP contribution in [0.3, 0.4) is 0 Å². The van der Waals surface area contributed by atoms with E-state index in [0.29, 0.717) is 18.6 Å². The molecule has 0 aliphatic rings. The standard InChI is InChI=1S/C16H22F3NO2/c1-3-4-11-20(12-16(17,18)19)15(21)10-7-13-5-8-14(22-2)9-6-13/h5-6,8-9H,3-4,7,10-12H2,1-2H3. The number of carbonyl (C=O) groups excluding carboxylic acids is 1. The number of unbranched alkanes of at least 4 members (excludes halogenated alkanes) is 1. The first-order valence-corrected chi connectivity index (χ1v) is 7.33. The van der Waals surface area contributed by atoms with Gasteiger partial charge in [-0.15, -0.1) is 0 Å². The zero-order valence-electron chi connectivity index (χ0n) is 12.9. The number of nitrogens with zero attached hydrogens (tertiary/aromatic N) is 1. The lowest BCUT2D eigenvalue weighted by Gasteiger charge is -2.24. The Bertz CT molecular complexity index is 457. The Hall–Kier alpha value is -1.72. The summed E-state index contributed by atoms with van der Waals surface area (Å²) in [6.45, 7) is 0.861. The zero-order valence-corrected chi connectivity index (χ0v) is 12.9. The number of hydrogen-bond donors (Lipinski definition) is 0. The average molecular weight is 317 g/mol. The number of rotatable bonds is 8. The minimum atomic E-state index is -4.36. The first kappa shape index (κ1) is 18.3. The molecule has 1 rings (SSSR count). The summed E-state index contributed by atoms with van der Waals surface area (Å²) in [5.41, 5.74) is 0.900. The summed E-state index contributed by atoms with van der Waals surface area (Å²) in [6.07, 6.45) is -2.54. The van der Waals surface area contributed by atoms with E-state index in [0.717, 1.165) is 16.9 Å². The van der Waals surface area contributed by atoms with E-state index < -0.39 is 18.6 Å². The van der Waals surface area contributed by atoms with Crippen LogP contribution in [0.15, 0.2) is 24.3 Å². The first-order chi connectivity index (χ1) is 10.4. The summed E-state index contributed by atoms with van der Waals surface area (Å²) in [7, 11) is 1.56.